The van der Waals surface area contributed by atoms with Gasteiger partial charge < -0.3 is 10.2 Å². The number of amides is 2. The van der Waals surface area contributed by atoms with Gasteiger partial charge in [-0.2, -0.15) is 0 Å². The lowest BCUT2D eigenvalue weighted by atomic mass is 9.94. The smallest absolute Gasteiger partial charge is 0.246 e. The van der Waals surface area contributed by atoms with Gasteiger partial charge in [-0.1, -0.05) is 22.9 Å². The molecule has 21 heavy (non-hydrogen) atoms. The molecule has 0 bridgehead atoms. The average molecular weight is 357 g/mol. The Balaban J connectivity index is 2.34. The number of nitrogens with one attached hydrogen (secondary N) is 1. The zero-order valence-electron chi connectivity index (χ0n) is 12.2. The highest BCUT2D eigenvalue weighted by atomic mass is 79.9. The molecular formula is C15H18BrFN2O2. The summed E-state index contributed by atoms with van der Waals surface area (Å²) in [6, 6.07) is 3.97. The van der Waals surface area contributed by atoms with E-state index in [1.165, 1.54) is 17.0 Å². The average Bonchev–Trinajstić information content (AvgIpc) is 2.38. The Labute approximate surface area is 131 Å². The molecule has 1 N–H and O–H groups in total. The van der Waals surface area contributed by atoms with Gasteiger partial charge in [0.05, 0.1) is 0 Å². The molecule has 6 heteroatoms. The number of rotatable bonds is 3. The highest BCUT2D eigenvalue weighted by Crippen LogP contribution is 2.26. The van der Waals surface area contributed by atoms with Crippen LogP contribution in [-0.4, -0.2) is 28.3 Å². The fourth-order valence-corrected chi connectivity index (χ4v) is 2.93. The van der Waals surface area contributed by atoms with Gasteiger partial charge in [-0.3, -0.25) is 9.59 Å². The van der Waals surface area contributed by atoms with Crippen molar-refractivity contribution in [2.45, 2.75) is 45.3 Å². The molecule has 114 valence electrons. The van der Waals surface area contributed by atoms with Crippen LogP contribution in [0.15, 0.2) is 22.7 Å². The number of halogens is 2. The first-order valence-corrected chi connectivity index (χ1v) is 7.62. The summed E-state index contributed by atoms with van der Waals surface area (Å²) < 4.78 is 14.1. The molecule has 1 atom stereocenters. The van der Waals surface area contributed by atoms with Gasteiger partial charge in [0.1, 0.15) is 17.4 Å². The summed E-state index contributed by atoms with van der Waals surface area (Å²) in [4.78, 5) is 26.2. The number of carbonyl (C=O) groups excluding carboxylic acids is 2. The monoisotopic (exact) mass is 356 g/mol. The molecule has 1 unspecified atom stereocenters. The minimum atomic E-state index is -0.957. The Morgan fingerprint density at radius 2 is 2.00 bits per heavy atom. The molecule has 1 aromatic carbocycles. The molecule has 4 nitrogen and oxygen atoms in total. The van der Waals surface area contributed by atoms with E-state index in [0.717, 1.165) is 0 Å². The molecular weight excluding hydrogens is 339 g/mol. The third-order valence-electron chi connectivity index (χ3n) is 3.77. The van der Waals surface area contributed by atoms with E-state index in [4.69, 9.17) is 0 Å². The lowest BCUT2D eigenvalue weighted by Crippen LogP contribution is -2.67. The third kappa shape index (κ3) is 3.10. The Kier molecular flexibility index (Phi) is 4.37. The standard InChI is InChI=1S/C15H18BrFN2O2/c1-4-12-13(20)19(15(2,3)14(21)18-12)8-9-5-10(16)7-11(17)6-9/h5-7,12H,4,8H2,1-3H3,(H,18,21). The van der Waals surface area contributed by atoms with Gasteiger partial charge >= 0.3 is 0 Å². The number of piperazine rings is 1. The summed E-state index contributed by atoms with van der Waals surface area (Å²) in [5, 5.41) is 2.73. The van der Waals surface area contributed by atoms with Crippen LogP contribution in [0.25, 0.3) is 0 Å². The van der Waals surface area contributed by atoms with Crippen LogP contribution in [0.4, 0.5) is 4.39 Å². The first-order valence-electron chi connectivity index (χ1n) is 6.83. The van der Waals surface area contributed by atoms with E-state index >= 15 is 0 Å². The van der Waals surface area contributed by atoms with Crippen molar-refractivity contribution in [3.63, 3.8) is 0 Å². The first kappa shape index (κ1) is 15.9. The van der Waals surface area contributed by atoms with Crippen LogP contribution in [0.3, 0.4) is 0 Å². The van der Waals surface area contributed by atoms with Crippen LogP contribution < -0.4 is 5.32 Å². The summed E-state index contributed by atoms with van der Waals surface area (Å²) in [7, 11) is 0. The van der Waals surface area contributed by atoms with Crippen molar-refractivity contribution in [2.75, 3.05) is 0 Å². The maximum absolute atomic E-state index is 13.5. The van der Waals surface area contributed by atoms with Crippen molar-refractivity contribution in [1.29, 1.82) is 0 Å². The van der Waals surface area contributed by atoms with E-state index in [0.29, 0.717) is 16.5 Å². The molecule has 1 fully saturated rings. The van der Waals surface area contributed by atoms with Gasteiger partial charge in [-0.25, -0.2) is 4.39 Å². The second kappa shape index (κ2) is 5.75. The Morgan fingerprint density at radius 3 is 2.57 bits per heavy atom. The fourth-order valence-electron chi connectivity index (χ4n) is 2.42. The highest BCUT2D eigenvalue weighted by Gasteiger charge is 2.45. The minimum absolute atomic E-state index is 0.137. The second-order valence-corrected chi connectivity index (χ2v) is 6.61. The van der Waals surface area contributed by atoms with Crippen molar-refractivity contribution >= 4 is 27.7 Å². The topological polar surface area (TPSA) is 49.4 Å². The Hall–Kier alpha value is -1.43. The van der Waals surface area contributed by atoms with E-state index in [1.54, 1.807) is 19.9 Å². The molecule has 1 aliphatic rings. The largest absolute Gasteiger partial charge is 0.342 e. The molecule has 1 aromatic rings. The summed E-state index contributed by atoms with van der Waals surface area (Å²) in [6.45, 7) is 5.44. The molecule has 1 aliphatic heterocycles. The van der Waals surface area contributed by atoms with Gasteiger partial charge in [0, 0.05) is 11.0 Å². The van der Waals surface area contributed by atoms with Gasteiger partial charge in [-0.15, -0.1) is 0 Å². The molecule has 0 saturated carbocycles. The van der Waals surface area contributed by atoms with Crippen LogP contribution in [0.5, 0.6) is 0 Å². The number of hydrogen-bond donors (Lipinski definition) is 1. The van der Waals surface area contributed by atoms with Crippen molar-refractivity contribution in [3.05, 3.63) is 34.1 Å². The van der Waals surface area contributed by atoms with Gasteiger partial charge in [0.25, 0.3) is 0 Å². The summed E-state index contributed by atoms with van der Waals surface area (Å²) >= 11 is 3.24. The predicted molar refractivity (Wildman–Crippen MR) is 81.0 cm³/mol. The summed E-state index contributed by atoms with van der Waals surface area (Å²) in [6.07, 6.45) is 0.532. The highest BCUT2D eigenvalue weighted by molar-refractivity contribution is 9.10. The van der Waals surface area contributed by atoms with E-state index in [9.17, 15) is 14.0 Å². The molecule has 0 radical (unpaired) electrons. The normalized spacial score (nSPS) is 21.4. The van der Waals surface area contributed by atoms with Crippen LogP contribution in [-0.2, 0) is 16.1 Å². The zero-order chi connectivity index (χ0) is 15.8. The number of nitrogens with zero attached hydrogens (tertiary/aromatic N) is 1. The quantitative estimate of drug-likeness (QED) is 0.904. The van der Waals surface area contributed by atoms with Crippen molar-refractivity contribution in [2.24, 2.45) is 0 Å². The van der Waals surface area contributed by atoms with Crippen molar-refractivity contribution in [3.8, 4) is 0 Å². The lowest BCUT2D eigenvalue weighted by Gasteiger charge is -2.44. The maximum Gasteiger partial charge on any atom is 0.246 e. The van der Waals surface area contributed by atoms with E-state index in [1.807, 2.05) is 6.92 Å². The number of carbonyl (C=O) groups is 2. The SMILES string of the molecule is CCC1NC(=O)C(C)(C)N(Cc2cc(F)cc(Br)c2)C1=O. The van der Waals surface area contributed by atoms with Crippen molar-refractivity contribution < 1.29 is 14.0 Å². The van der Waals surface area contributed by atoms with Gasteiger partial charge in [0.2, 0.25) is 11.8 Å². The first-order chi connectivity index (χ1) is 9.75. The van der Waals surface area contributed by atoms with Crippen LogP contribution >= 0.6 is 15.9 Å². The molecule has 0 spiro atoms. The predicted octanol–water partition coefficient (Wildman–Crippen LogP) is 2.60. The molecule has 0 aliphatic carbocycles. The van der Waals surface area contributed by atoms with E-state index in [2.05, 4.69) is 21.2 Å². The Morgan fingerprint density at radius 1 is 1.33 bits per heavy atom. The molecule has 0 aromatic heterocycles. The minimum Gasteiger partial charge on any atom is -0.342 e. The van der Waals surface area contributed by atoms with Gasteiger partial charge in [0.15, 0.2) is 0 Å². The summed E-state index contributed by atoms with van der Waals surface area (Å²) in [5.41, 5.74) is -0.311. The molecule has 1 saturated heterocycles. The summed E-state index contributed by atoms with van der Waals surface area (Å²) in [5.74, 6) is -0.704. The third-order valence-corrected chi connectivity index (χ3v) is 4.23. The number of hydrogen-bond acceptors (Lipinski definition) is 2. The zero-order valence-corrected chi connectivity index (χ0v) is 13.8. The number of benzene rings is 1. The van der Waals surface area contributed by atoms with E-state index < -0.39 is 11.6 Å². The second-order valence-electron chi connectivity index (χ2n) is 5.70. The molecule has 2 rings (SSSR count). The van der Waals surface area contributed by atoms with Crippen LogP contribution in [0.2, 0.25) is 0 Å². The lowest BCUT2D eigenvalue weighted by molar-refractivity contribution is -0.156. The molecule has 1 heterocycles. The molecule has 2 amide bonds. The Bertz CT molecular complexity index is 569. The van der Waals surface area contributed by atoms with Crippen LogP contribution in [0, 0.1) is 5.82 Å². The van der Waals surface area contributed by atoms with Crippen molar-refractivity contribution in [1.82, 2.24) is 10.2 Å². The fraction of sp³-hybridized carbons (Fsp3) is 0.467. The van der Waals surface area contributed by atoms with Crippen LogP contribution in [0.1, 0.15) is 32.8 Å². The van der Waals surface area contributed by atoms with E-state index in [-0.39, 0.29) is 24.2 Å². The maximum atomic E-state index is 13.5. The van der Waals surface area contributed by atoms with Gasteiger partial charge in [-0.05, 0) is 44.0 Å².